The minimum Gasteiger partial charge on any atom is -0.399 e. The van der Waals surface area contributed by atoms with E-state index in [-0.39, 0.29) is 5.91 Å². The van der Waals surface area contributed by atoms with Crippen LogP contribution >= 0.6 is 27.3 Å². The van der Waals surface area contributed by atoms with Gasteiger partial charge in [-0.25, -0.2) is 0 Å². The van der Waals surface area contributed by atoms with Crippen molar-refractivity contribution >= 4 is 38.9 Å². The molecule has 3 nitrogen and oxygen atoms in total. The summed E-state index contributed by atoms with van der Waals surface area (Å²) >= 11 is 4.74. The standard InChI is InChI=1S/C12H11BrN2OS/c13-11-5-4-10(17-11)12(16)15-7-8-2-1-3-9(14)6-8/h1-6H,7,14H2,(H,15,16). The molecular weight excluding hydrogens is 300 g/mol. The van der Waals surface area contributed by atoms with Gasteiger partial charge in [-0.1, -0.05) is 12.1 Å². The number of nitrogens with two attached hydrogens (primary N) is 1. The third-order valence-electron chi connectivity index (χ3n) is 2.20. The molecule has 17 heavy (non-hydrogen) atoms. The van der Waals surface area contributed by atoms with Gasteiger partial charge in [0.2, 0.25) is 0 Å². The number of halogens is 1. The summed E-state index contributed by atoms with van der Waals surface area (Å²) in [5.41, 5.74) is 7.36. The maximum Gasteiger partial charge on any atom is 0.261 e. The van der Waals surface area contributed by atoms with Crippen LogP contribution in [0.1, 0.15) is 15.2 Å². The van der Waals surface area contributed by atoms with Crippen LogP contribution in [0.15, 0.2) is 40.2 Å². The highest BCUT2D eigenvalue weighted by Gasteiger charge is 2.07. The average molecular weight is 311 g/mol. The molecule has 5 heteroatoms. The van der Waals surface area contributed by atoms with Gasteiger partial charge >= 0.3 is 0 Å². The Kier molecular flexibility index (Phi) is 3.81. The lowest BCUT2D eigenvalue weighted by Gasteiger charge is -2.04. The highest BCUT2D eigenvalue weighted by molar-refractivity contribution is 9.11. The smallest absolute Gasteiger partial charge is 0.261 e. The van der Waals surface area contributed by atoms with E-state index < -0.39 is 0 Å². The van der Waals surface area contributed by atoms with Gasteiger partial charge in [0.15, 0.2) is 0 Å². The first-order chi connectivity index (χ1) is 8.15. The first-order valence-electron chi connectivity index (χ1n) is 5.03. The minimum atomic E-state index is -0.0666. The van der Waals surface area contributed by atoms with Crippen LogP contribution in [-0.4, -0.2) is 5.91 Å². The van der Waals surface area contributed by atoms with E-state index >= 15 is 0 Å². The summed E-state index contributed by atoms with van der Waals surface area (Å²) in [4.78, 5) is 12.5. The highest BCUT2D eigenvalue weighted by Crippen LogP contribution is 2.21. The maximum absolute atomic E-state index is 11.8. The summed E-state index contributed by atoms with van der Waals surface area (Å²) < 4.78 is 0.951. The van der Waals surface area contributed by atoms with Crippen molar-refractivity contribution in [1.29, 1.82) is 0 Å². The Morgan fingerprint density at radius 2 is 2.18 bits per heavy atom. The van der Waals surface area contributed by atoms with E-state index in [2.05, 4.69) is 21.2 Å². The molecule has 2 aromatic rings. The number of benzene rings is 1. The number of carbonyl (C=O) groups is 1. The molecule has 2 rings (SSSR count). The molecule has 0 spiro atoms. The number of hydrogen-bond donors (Lipinski definition) is 2. The van der Waals surface area contributed by atoms with Crippen LogP contribution in [0.2, 0.25) is 0 Å². The Hall–Kier alpha value is -1.33. The zero-order chi connectivity index (χ0) is 12.3. The third kappa shape index (κ3) is 3.31. The number of amides is 1. The number of thiophene rings is 1. The van der Waals surface area contributed by atoms with Crippen LogP contribution in [0.25, 0.3) is 0 Å². The van der Waals surface area contributed by atoms with Crippen molar-refractivity contribution in [2.24, 2.45) is 0 Å². The molecule has 0 aliphatic rings. The van der Waals surface area contributed by atoms with Crippen LogP contribution in [0.4, 0.5) is 5.69 Å². The fourth-order valence-electron chi connectivity index (χ4n) is 1.41. The van der Waals surface area contributed by atoms with Crippen molar-refractivity contribution in [2.75, 3.05) is 5.73 Å². The molecule has 0 atom stereocenters. The summed E-state index contributed by atoms with van der Waals surface area (Å²) in [6, 6.07) is 11.1. The fourth-order valence-corrected chi connectivity index (χ4v) is 2.71. The lowest BCUT2D eigenvalue weighted by Crippen LogP contribution is -2.21. The van der Waals surface area contributed by atoms with E-state index in [4.69, 9.17) is 5.73 Å². The summed E-state index contributed by atoms with van der Waals surface area (Å²) in [6.07, 6.45) is 0. The molecule has 0 aliphatic carbocycles. The number of anilines is 1. The third-order valence-corrected chi connectivity index (χ3v) is 3.82. The average Bonchev–Trinajstić information content (AvgIpc) is 2.73. The summed E-state index contributed by atoms with van der Waals surface area (Å²) in [5.74, 6) is -0.0666. The second-order valence-electron chi connectivity index (χ2n) is 3.53. The molecule has 0 fully saturated rings. The number of carbonyl (C=O) groups excluding carboxylic acids is 1. The number of nitrogen functional groups attached to an aromatic ring is 1. The van der Waals surface area contributed by atoms with Crippen LogP contribution in [0.3, 0.4) is 0 Å². The molecule has 1 amide bonds. The van der Waals surface area contributed by atoms with Crippen molar-refractivity contribution in [3.8, 4) is 0 Å². The molecule has 0 aliphatic heterocycles. The largest absolute Gasteiger partial charge is 0.399 e. The Morgan fingerprint density at radius 3 is 2.82 bits per heavy atom. The van der Waals surface area contributed by atoms with Gasteiger partial charge in [0, 0.05) is 12.2 Å². The molecule has 1 heterocycles. The van der Waals surface area contributed by atoms with Crippen molar-refractivity contribution in [2.45, 2.75) is 6.54 Å². The molecule has 0 bridgehead atoms. The Labute approximate surface area is 112 Å². The van der Waals surface area contributed by atoms with Gasteiger partial charge in [0.05, 0.1) is 8.66 Å². The van der Waals surface area contributed by atoms with E-state index in [1.165, 1.54) is 11.3 Å². The van der Waals surface area contributed by atoms with E-state index in [1.54, 1.807) is 6.07 Å². The maximum atomic E-state index is 11.8. The topological polar surface area (TPSA) is 55.1 Å². The predicted octanol–water partition coefficient (Wildman–Crippen LogP) is 3.02. The van der Waals surface area contributed by atoms with Crippen LogP contribution in [0, 0.1) is 0 Å². The molecule has 3 N–H and O–H groups in total. The Bertz CT molecular complexity index is 539. The predicted molar refractivity (Wildman–Crippen MR) is 74.0 cm³/mol. The van der Waals surface area contributed by atoms with Crippen molar-refractivity contribution in [3.05, 3.63) is 50.6 Å². The van der Waals surface area contributed by atoms with Gasteiger partial charge in [-0.3, -0.25) is 4.79 Å². The first-order valence-corrected chi connectivity index (χ1v) is 6.64. The molecule has 0 radical (unpaired) electrons. The van der Waals surface area contributed by atoms with Gasteiger partial charge in [0.1, 0.15) is 0 Å². The lowest BCUT2D eigenvalue weighted by atomic mass is 10.2. The minimum absolute atomic E-state index is 0.0666. The molecule has 1 aromatic carbocycles. The molecule has 0 saturated heterocycles. The van der Waals surface area contributed by atoms with Crippen molar-refractivity contribution < 1.29 is 4.79 Å². The zero-order valence-electron chi connectivity index (χ0n) is 8.94. The summed E-state index contributed by atoms with van der Waals surface area (Å²) in [7, 11) is 0. The van der Waals surface area contributed by atoms with E-state index in [0.717, 1.165) is 9.35 Å². The van der Waals surface area contributed by atoms with Crippen LogP contribution in [0.5, 0.6) is 0 Å². The van der Waals surface area contributed by atoms with E-state index in [0.29, 0.717) is 17.1 Å². The molecule has 88 valence electrons. The first kappa shape index (κ1) is 12.1. The van der Waals surface area contributed by atoms with E-state index in [9.17, 15) is 4.79 Å². The van der Waals surface area contributed by atoms with Crippen LogP contribution in [-0.2, 0) is 6.54 Å². The highest BCUT2D eigenvalue weighted by atomic mass is 79.9. The van der Waals surface area contributed by atoms with Gasteiger partial charge < -0.3 is 11.1 Å². The number of hydrogen-bond acceptors (Lipinski definition) is 3. The van der Waals surface area contributed by atoms with Crippen LogP contribution < -0.4 is 11.1 Å². The SMILES string of the molecule is Nc1cccc(CNC(=O)c2ccc(Br)s2)c1. The van der Waals surface area contributed by atoms with Crippen molar-refractivity contribution in [3.63, 3.8) is 0 Å². The fraction of sp³-hybridized carbons (Fsp3) is 0.0833. The quantitative estimate of drug-likeness (QED) is 0.856. The zero-order valence-corrected chi connectivity index (χ0v) is 11.3. The Balaban J connectivity index is 1.97. The Morgan fingerprint density at radius 1 is 1.35 bits per heavy atom. The van der Waals surface area contributed by atoms with Crippen molar-refractivity contribution in [1.82, 2.24) is 5.32 Å². The molecule has 0 unspecified atom stereocenters. The summed E-state index contributed by atoms with van der Waals surface area (Å²) in [5, 5.41) is 2.85. The molecular formula is C12H11BrN2OS. The second kappa shape index (κ2) is 5.33. The normalized spacial score (nSPS) is 10.2. The second-order valence-corrected chi connectivity index (χ2v) is 5.99. The van der Waals surface area contributed by atoms with Gasteiger partial charge in [-0.15, -0.1) is 11.3 Å². The van der Waals surface area contributed by atoms with Gasteiger partial charge in [-0.05, 0) is 45.8 Å². The monoisotopic (exact) mass is 310 g/mol. The lowest BCUT2D eigenvalue weighted by molar-refractivity contribution is 0.0955. The molecule has 1 aromatic heterocycles. The summed E-state index contributed by atoms with van der Waals surface area (Å²) in [6.45, 7) is 0.486. The molecule has 0 saturated carbocycles. The van der Waals surface area contributed by atoms with Gasteiger partial charge in [0.25, 0.3) is 5.91 Å². The van der Waals surface area contributed by atoms with E-state index in [1.807, 2.05) is 30.3 Å². The van der Waals surface area contributed by atoms with Gasteiger partial charge in [-0.2, -0.15) is 0 Å². The number of nitrogens with one attached hydrogen (secondary N) is 1. The number of rotatable bonds is 3.